The van der Waals surface area contributed by atoms with E-state index in [1.54, 1.807) is 0 Å². The SMILES string of the molecule is C[C@]12C=CCCC1CC[C@@H]1[C@H]2CC[C@@]2(C)[C@H]1C=CC2(N)O. The summed E-state index contributed by atoms with van der Waals surface area (Å²) in [6.45, 7) is 4.71. The highest BCUT2D eigenvalue weighted by Crippen LogP contribution is 2.64. The lowest BCUT2D eigenvalue weighted by atomic mass is 9.46. The van der Waals surface area contributed by atoms with E-state index in [1.165, 1.54) is 32.1 Å². The molecule has 0 aromatic rings. The maximum atomic E-state index is 10.6. The molecule has 116 valence electrons. The van der Waals surface area contributed by atoms with Crippen molar-refractivity contribution in [3.63, 3.8) is 0 Å². The van der Waals surface area contributed by atoms with Crippen molar-refractivity contribution in [2.24, 2.45) is 40.2 Å². The lowest BCUT2D eigenvalue weighted by molar-refractivity contribution is -0.124. The van der Waals surface area contributed by atoms with E-state index >= 15 is 0 Å². The maximum Gasteiger partial charge on any atom is 0.138 e. The van der Waals surface area contributed by atoms with Crippen molar-refractivity contribution in [1.82, 2.24) is 0 Å². The normalized spacial score (nSPS) is 58.5. The third-order valence-electron chi connectivity index (χ3n) is 7.85. The molecule has 0 saturated heterocycles. The molecule has 2 unspecified atom stereocenters. The van der Waals surface area contributed by atoms with Crippen LogP contribution in [0, 0.1) is 34.5 Å². The Hall–Kier alpha value is -0.600. The van der Waals surface area contributed by atoms with E-state index in [-0.39, 0.29) is 5.41 Å². The summed E-state index contributed by atoms with van der Waals surface area (Å²) in [6, 6.07) is 0. The Labute approximate surface area is 128 Å². The fraction of sp³-hybridized carbons (Fsp3) is 0.789. The molecule has 4 aliphatic carbocycles. The Kier molecular flexibility index (Phi) is 2.83. The van der Waals surface area contributed by atoms with Crippen LogP contribution in [0.25, 0.3) is 0 Å². The molecule has 21 heavy (non-hydrogen) atoms. The Morgan fingerprint density at radius 3 is 2.71 bits per heavy atom. The predicted molar refractivity (Wildman–Crippen MR) is 85.3 cm³/mol. The Bertz CT molecular complexity index is 508. The van der Waals surface area contributed by atoms with Gasteiger partial charge in [0, 0.05) is 5.41 Å². The van der Waals surface area contributed by atoms with Crippen LogP contribution in [0.5, 0.6) is 0 Å². The van der Waals surface area contributed by atoms with Gasteiger partial charge >= 0.3 is 0 Å². The van der Waals surface area contributed by atoms with Crippen LogP contribution in [0.15, 0.2) is 24.3 Å². The summed E-state index contributed by atoms with van der Waals surface area (Å²) in [7, 11) is 0. The van der Waals surface area contributed by atoms with Gasteiger partial charge in [0.05, 0.1) is 0 Å². The van der Waals surface area contributed by atoms with E-state index in [0.717, 1.165) is 18.3 Å². The molecule has 2 heteroatoms. The molecule has 2 saturated carbocycles. The van der Waals surface area contributed by atoms with E-state index in [0.29, 0.717) is 17.3 Å². The summed E-state index contributed by atoms with van der Waals surface area (Å²) >= 11 is 0. The highest BCUT2D eigenvalue weighted by atomic mass is 16.3. The van der Waals surface area contributed by atoms with Crippen molar-refractivity contribution < 1.29 is 5.11 Å². The van der Waals surface area contributed by atoms with Crippen LogP contribution in [-0.2, 0) is 0 Å². The minimum absolute atomic E-state index is 0.157. The average Bonchev–Trinajstić information content (AvgIpc) is 2.69. The van der Waals surface area contributed by atoms with Crippen molar-refractivity contribution in [2.75, 3.05) is 0 Å². The summed E-state index contributed by atoms with van der Waals surface area (Å²) in [6.07, 6.45) is 16.6. The van der Waals surface area contributed by atoms with Gasteiger partial charge in [0.2, 0.25) is 0 Å². The molecule has 4 aliphatic rings. The van der Waals surface area contributed by atoms with Crippen LogP contribution in [-0.4, -0.2) is 10.8 Å². The van der Waals surface area contributed by atoms with Crippen LogP contribution in [0.1, 0.15) is 52.4 Å². The van der Waals surface area contributed by atoms with Crippen molar-refractivity contribution in [3.8, 4) is 0 Å². The Balaban J connectivity index is 1.71. The molecule has 3 N–H and O–H groups in total. The summed E-state index contributed by atoms with van der Waals surface area (Å²) in [4.78, 5) is 0. The quantitative estimate of drug-likeness (QED) is 0.528. The van der Waals surface area contributed by atoms with Crippen molar-refractivity contribution in [2.45, 2.75) is 58.1 Å². The second kappa shape index (κ2) is 4.23. The molecule has 0 bridgehead atoms. The monoisotopic (exact) mass is 287 g/mol. The van der Waals surface area contributed by atoms with Crippen LogP contribution < -0.4 is 5.73 Å². The molecule has 2 fully saturated rings. The van der Waals surface area contributed by atoms with E-state index in [9.17, 15) is 5.11 Å². The number of hydrogen-bond acceptors (Lipinski definition) is 2. The summed E-state index contributed by atoms with van der Waals surface area (Å²) < 4.78 is 0. The lowest BCUT2D eigenvalue weighted by Crippen LogP contribution is -2.59. The maximum absolute atomic E-state index is 10.6. The van der Waals surface area contributed by atoms with Gasteiger partial charge in [-0.3, -0.25) is 5.73 Å². The van der Waals surface area contributed by atoms with Gasteiger partial charge in [-0.05, 0) is 73.7 Å². The van der Waals surface area contributed by atoms with E-state index in [1.807, 2.05) is 6.08 Å². The van der Waals surface area contributed by atoms with Gasteiger partial charge in [-0.15, -0.1) is 0 Å². The minimum Gasteiger partial charge on any atom is -0.372 e. The van der Waals surface area contributed by atoms with Gasteiger partial charge in [-0.1, -0.05) is 32.1 Å². The molecular weight excluding hydrogens is 258 g/mol. The second-order valence-electron chi connectivity index (χ2n) is 8.56. The average molecular weight is 287 g/mol. The van der Waals surface area contributed by atoms with Gasteiger partial charge in [0.1, 0.15) is 5.72 Å². The standard InChI is InChI=1S/C19H29NO/c1-17-10-4-3-5-13(17)6-7-14-15(17)8-11-18(2)16(14)9-12-19(18,20)21/h4,9-10,12-16,21H,3,5-8,11,20H2,1-2H3/t13?,14-,15-,16+,17+,18+,19?/m1/s1. The van der Waals surface area contributed by atoms with Gasteiger partial charge in [0.15, 0.2) is 0 Å². The van der Waals surface area contributed by atoms with Crippen molar-refractivity contribution in [3.05, 3.63) is 24.3 Å². The number of rotatable bonds is 0. The molecule has 0 radical (unpaired) electrons. The summed E-state index contributed by atoms with van der Waals surface area (Å²) in [5.74, 6) is 2.79. The van der Waals surface area contributed by atoms with Crippen LogP contribution in [0.3, 0.4) is 0 Å². The zero-order valence-electron chi connectivity index (χ0n) is 13.4. The Morgan fingerprint density at radius 1 is 1.10 bits per heavy atom. The third kappa shape index (κ3) is 1.66. The molecule has 0 aromatic heterocycles. The largest absolute Gasteiger partial charge is 0.372 e. The van der Waals surface area contributed by atoms with Gasteiger partial charge in [0.25, 0.3) is 0 Å². The molecule has 7 atom stereocenters. The van der Waals surface area contributed by atoms with E-state index < -0.39 is 5.72 Å². The first-order valence-corrected chi connectivity index (χ1v) is 8.77. The number of hydrogen-bond donors (Lipinski definition) is 2. The van der Waals surface area contributed by atoms with E-state index in [4.69, 9.17) is 5.73 Å². The highest BCUT2D eigenvalue weighted by Gasteiger charge is 2.61. The number of allylic oxidation sites excluding steroid dienone is 3. The zero-order valence-corrected chi connectivity index (χ0v) is 13.4. The number of aliphatic hydroxyl groups is 1. The number of nitrogens with two attached hydrogens (primary N) is 1. The van der Waals surface area contributed by atoms with Gasteiger partial charge in [-0.25, -0.2) is 0 Å². The van der Waals surface area contributed by atoms with Crippen molar-refractivity contribution >= 4 is 0 Å². The molecular formula is C19H29NO. The first-order valence-electron chi connectivity index (χ1n) is 8.77. The fourth-order valence-electron chi connectivity index (χ4n) is 6.33. The second-order valence-corrected chi connectivity index (χ2v) is 8.56. The van der Waals surface area contributed by atoms with Gasteiger partial charge < -0.3 is 5.11 Å². The predicted octanol–water partition coefficient (Wildman–Crippen LogP) is 3.62. The van der Waals surface area contributed by atoms with Gasteiger partial charge in [-0.2, -0.15) is 0 Å². The molecule has 4 rings (SSSR count). The lowest BCUT2D eigenvalue weighted by Gasteiger charge is -2.59. The molecule has 0 aromatic carbocycles. The topological polar surface area (TPSA) is 46.2 Å². The third-order valence-corrected chi connectivity index (χ3v) is 7.85. The number of fused-ring (bicyclic) bond motifs is 5. The first-order chi connectivity index (χ1) is 9.88. The highest BCUT2D eigenvalue weighted by molar-refractivity contribution is 5.25. The first kappa shape index (κ1) is 14.0. The summed E-state index contributed by atoms with van der Waals surface area (Å²) in [5.41, 5.74) is 5.32. The molecule has 2 nitrogen and oxygen atoms in total. The van der Waals surface area contributed by atoms with Crippen LogP contribution in [0.2, 0.25) is 0 Å². The molecule has 0 amide bonds. The summed E-state index contributed by atoms with van der Waals surface area (Å²) in [5, 5.41) is 10.6. The fourth-order valence-corrected chi connectivity index (χ4v) is 6.33. The minimum atomic E-state index is -1.11. The van der Waals surface area contributed by atoms with Crippen LogP contribution in [0.4, 0.5) is 0 Å². The van der Waals surface area contributed by atoms with Crippen molar-refractivity contribution in [1.29, 1.82) is 0 Å². The molecule has 0 aliphatic heterocycles. The van der Waals surface area contributed by atoms with E-state index in [2.05, 4.69) is 32.1 Å². The molecule has 0 spiro atoms. The smallest absolute Gasteiger partial charge is 0.138 e. The van der Waals surface area contributed by atoms with Crippen LogP contribution >= 0.6 is 0 Å². The zero-order chi connectivity index (χ0) is 14.9. The Morgan fingerprint density at radius 2 is 1.90 bits per heavy atom. The molecule has 0 heterocycles.